The molecule has 1 saturated carbocycles. The van der Waals surface area contributed by atoms with Crippen molar-refractivity contribution in [1.29, 1.82) is 0 Å². The van der Waals surface area contributed by atoms with Crippen LogP contribution < -0.4 is 0 Å². The number of rotatable bonds is 2. The van der Waals surface area contributed by atoms with Crippen LogP contribution in [0.1, 0.15) is 74.0 Å². The van der Waals surface area contributed by atoms with Crippen molar-refractivity contribution in [3.63, 3.8) is 0 Å². The fourth-order valence-electron chi connectivity index (χ4n) is 4.05. The Hall–Kier alpha value is -1.31. The molecule has 1 fully saturated rings. The Bertz CT molecular complexity index is 500. The summed E-state index contributed by atoms with van der Waals surface area (Å²) in [7, 11) is 0. The average Bonchev–Trinajstić information content (AvgIpc) is 2.48. The zero-order valence-corrected chi connectivity index (χ0v) is 12.4. The van der Waals surface area contributed by atoms with Crippen LogP contribution in [0.5, 0.6) is 0 Å². The third-order valence-corrected chi connectivity index (χ3v) is 5.15. The molecule has 20 heavy (non-hydrogen) atoms. The third-order valence-electron chi connectivity index (χ3n) is 5.15. The van der Waals surface area contributed by atoms with Crippen LogP contribution in [0.25, 0.3) is 0 Å². The summed E-state index contributed by atoms with van der Waals surface area (Å²) in [6, 6.07) is 6.66. The molecular weight excluding hydrogens is 246 g/mol. The van der Waals surface area contributed by atoms with E-state index in [9.17, 15) is 5.21 Å². The fourth-order valence-corrected chi connectivity index (χ4v) is 4.05. The minimum Gasteiger partial charge on any atom is -0.411 e. The van der Waals surface area contributed by atoms with E-state index in [4.69, 9.17) is 0 Å². The monoisotopic (exact) mass is 271 g/mol. The van der Waals surface area contributed by atoms with Gasteiger partial charge in [0.05, 0.1) is 5.71 Å². The number of aryl methyl sites for hydroxylation is 1. The van der Waals surface area contributed by atoms with Crippen LogP contribution in [0.4, 0.5) is 0 Å². The van der Waals surface area contributed by atoms with Crippen molar-refractivity contribution in [3.05, 3.63) is 34.9 Å². The van der Waals surface area contributed by atoms with Gasteiger partial charge in [-0.15, -0.1) is 0 Å². The summed E-state index contributed by atoms with van der Waals surface area (Å²) in [6.45, 7) is 2.11. The molecule has 0 radical (unpaired) electrons. The van der Waals surface area contributed by atoms with E-state index >= 15 is 0 Å². The van der Waals surface area contributed by atoms with Gasteiger partial charge in [-0.05, 0) is 49.7 Å². The number of hydrogen-bond acceptors (Lipinski definition) is 2. The predicted octanol–water partition coefficient (Wildman–Crippen LogP) is 5.02. The van der Waals surface area contributed by atoms with Crippen LogP contribution in [0.2, 0.25) is 0 Å². The molecule has 2 aliphatic rings. The lowest BCUT2D eigenvalue weighted by Crippen LogP contribution is -2.20. The second-order valence-corrected chi connectivity index (χ2v) is 6.61. The van der Waals surface area contributed by atoms with Gasteiger partial charge in [0, 0.05) is 5.56 Å². The van der Waals surface area contributed by atoms with Crippen molar-refractivity contribution in [1.82, 2.24) is 0 Å². The topological polar surface area (TPSA) is 32.6 Å². The summed E-state index contributed by atoms with van der Waals surface area (Å²) >= 11 is 0. The predicted molar refractivity (Wildman–Crippen MR) is 82.7 cm³/mol. The lowest BCUT2D eigenvalue weighted by molar-refractivity contribution is 0.306. The van der Waals surface area contributed by atoms with E-state index < -0.39 is 0 Å². The van der Waals surface area contributed by atoms with E-state index in [0.717, 1.165) is 24.5 Å². The van der Waals surface area contributed by atoms with Crippen LogP contribution in [-0.4, -0.2) is 10.9 Å². The maximum atomic E-state index is 9.22. The average molecular weight is 271 g/mol. The highest BCUT2D eigenvalue weighted by atomic mass is 16.4. The largest absolute Gasteiger partial charge is 0.411 e. The molecule has 1 N–H and O–H groups in total. The van der Waals surface area contributed by atoms with E-state index in [-0.39, 0.29) is 0 Å². The number of benzene rings is 1. The second-order valence-electron chi connectivity index (χ2n) is 6.61. The molecule has 3 rings (SSSR count). The summed E-state index contributed by atoms with van der Waals surface area (Å²) in [5.74, 6) is 1.58. The molecule has 2 aliphatic carbocycles. The van der Waals surface area contributed by atoms with Gasteiger partial charge in [-0.2, -0.15) is 0 Å². The minimum absolute atomic E-state index is 0.666. The van der Waals surface area contributed by atoms with Gasteiger partial charge >= 0.3 is 0 Å². The molecule has 108 valence electrons. The van der Waals surface area contributed by atoms with E-state index in [1.54, 1.807) is 0 Å². The van der Waals surface area contributed by atoms with E-state index in [2.05, 4.69) is 30.3 Å². The second kappa shape index (κ2) is 5.99. The van der Waals surface area contributed by atoms with Crippen LogP contribution in [0.3, 0.4) is 0 Å². The first-order chi connectivity index (χ1) is 9.78. The quantitative estimate of drug-likeness (QED) is 0.594. The van der Waals surface area contributed by atoms with E-state index in [1.807, 2.05) is 0 Å². The molecule has 2 heteroatoms. The molecule has 0 bridgehead atoms. The van der Waals surface area contributed by atoms with Crippen molar-refractivity contribution in [2.24, 2.45) is 11.1 Å². The summed E-state index contributed by atoms with van der Waals surface area (Å²) in [5, 5.41) is 12.8. The van der Waals surface area contributed by atoms with Gasteiger partial charge in [-0.1, -0.05) is 55.0 Å². The molecule has 2 nitrogen and oxygen atoms in total. The Labute approximate surface area is 121 Å². The highest BCUT2D eigenvalue weighted by Gasteiger charge is 2.27. The number of nitrogens with zero attached hydrogens (tertiary/aromatic N) is 1. The van der Waals surface area contributed by atoms with Crippen molar-refractivity contribution in [3.8, 4) is 0 Å². The first-order valence-corrected chi connectivity index (χ1v) is 8.10. The van der Waals surface area contributed by atoms with Gasteiger partial charge in [-0.3, -0.25) is 0 Å². The SMILES string of the molecule is Cc1ccc2c(c1)C(=NO)CCC2CC1CCCCC1. The third kappa shape index (κ3) is 2.74. The fraction of sp³-hybridized carbons (Fsp3) is 0.611. The highest BCUT2D eigenvalue weighted by molar-refractivity contribution is 6.02. The number of oxime groups is 1. The zero-order valence-electron chi connectivity index (χ0n) is 12.4. The van der Waals surface area contributed by atoms with Crippen molar-refractivity contribution < 1.29 is 5.21 Å². The van der Waals surface area contributed by atoms with Crippen molar-refractivity contribution in [2.45, 2.75) is 64.2 Å². The Morgan fingerprint density at radius 3 is 2.70 bits per heavy atom. The normalized spacial score (nSPS) is 25.6. The Balaban J connectivity index is 1.83. The summed E-state index contributed by atoms with van der Waals surface area (Å²) in [5.41, 5.74) is 4.74. The summed E-state index contributed by atoms with van der Waals surface area (Å²) in [6.07, 6.45) is 10.5. The maximum Gasteiger partial charge on any atom is 0.0870 e. The van der Waals surface area contributed by atoms with Crippen molar-refractivity contribution in [2.75, 3.05) is 0 Å². The lowest BCUT2D eigenvalue weighted by Gasteiger charge is -2.31. The molecule has 0 saturated heterocycles. The van der Waals surface area contributed by atoms with Gasteiger partial charge in [0.2, 0.25) is 0 Å². The molecule has 1 atom stereocenters. The van der Waals surface area contributed by atoms with Crippen molar-refractivity contribution >= 4 is 5.71 Å². The van der Waals surface area contributed by atoms with Crippen LogP contribution in [0, 0.1) is 12.8 Å². The number of fused-ring (bicyclic) bond motifs is 1. The highest BCUT2D eigenvalue weighted by Crippen LogP contribution is 2.40. The van der Waals surface area contributed by atoms with Gasteiger partial charge in [0.1, 0.15) is 0 Å². The Morgan fingerprint density at radius 1 is 1.15 bits per heavy atom. The van der Waals surface area contributed by atoms with Crippen LogP contribution in [-0.2, 0) is 0 Å². The minimum atomic E-state index is 0.666. The molecule has 1 aromatic rings. The lowest BCUT2D eigenvalue weighted by atomic mass is 9.74. The first kappa shape index (κ1) is 13.7. The molecule has 0 aliphatic heterocycles. The molecule has 0 amide bonds. The van der Waals surface area contributed by atoms with Gasteiger partial charge in [0.25, 0.3) is 0 Å². The van der Waals surface area contributed by atoms with Crippen LogP contribution in [0.15, 0.2) is 23.4 Å². The van der Waals surface area contributed by atoms with Gasteiger partial charge < -0.3 is 5.21 Å². The molecule has 0 aromatic heterocycles. The standard InChI is InChI=1S/C18H25NO/c1-13-7-9-16-15(12-14-5-3-2-4-6-14)8-10-18(19-20)17(16)11-13/h7,9,11,14-15,20H,2-6,8,10,12H2,1H3. The summed E-state index contributed by atoms with van der Waals surface area (Å²) in [4.78, 5) is 0. The maximum absolute atomic E-state index is 9.22. The smallest absolute Gasteiger partial charge is 0.0870 e. The Morgan fingerprint density at radius 2 is 1.95 bits per heavy atom. The zero-order chi connectivity index (χ0) is 13.9. The molecule has 0 spiro atoms. The Kier molecular flexibility index (Phi) is 4.09. The van der Waals surface area contributed by atoms with E-state index in [1.165, 1.54) is 55.2 Å². The van der Waals surface area contributed by atoms with E-state index in [0.29, 0.717) is 5.92 Å². The molecule has 0 heterocycles. The molecule has 1 aromatic carbocycles. The van der Waals surface area contributed by atoms with Gasteiger partial charge in [0.15, 0.2) is 0 Å². The molecular formula is C18H25NO. The van der Waals surface area contributed by atoms with Crippen LogP contribution >= 0.6 is 0 Å². The van der Waals surface area contributed by atoms with Gasteiger partial charge in [-0.25, -0.2) is 0 Å². The summed E-state index contributed by atoms with van der Waals surface area (Å²) < 4.78 is 0. The first-order valence-electron chi connectivity index (χ1n) is 8.10. The molecule has 1 unspecified atom stereocenters. The number of hydrogen-bond donors (Lipinski definition) is 1.